The Bertz CT molecular complexity index is 1100. The van der Waals surface area contributed by atoms with Gasteiger partial charge in [0.2, 0.25) is 0 Å². The van der Waals surface area contributed by atoms with Crippen molar-refractivity contribution >= 4 is 27.3 Å². The molecule has 5 nitrogen and oxygen atoms in total. The zero-order chi connectivity index (χ0) is 23.5. The molecule has 2 amide bonds. The Labute approximate surface area is 191 Å². The molecule has 0 N–H and O–H groups in total. The number of hydrogen-bond donors (Lipinski definition) is 0. The fraction of sp³-hybridized carbons (Fsp3) is 0.462. The Balaban J connectivity index is 1.50. The number of carbonyl (C=O) groups is 2. The zero-order valence-electron chi connectivity index (χ0n) is 19.5. The summed E-state index contributed by atoms with van der Waals surface area (Å²) in [6.07, 6.45) is 5.40. The molecule has 0 aromatic heterocycles. The van der Waals surface area contributed by atoms with Crippen molar-refractivity contribution in [2.75, 3.05) is 10.7 Å². The molecule has 6 heteroatoms. The molecule has 172 valence electrons. The van der Waals surface area contributed by atoms with Crippen molar-refractivity contribution in [3.63, 3.8) is 0 Å². The molecule has 1 aliphatic rings. The van der Waals surface area contributed by atoms with Crippen LogP contribution in [0, 0.1) is 6.92 Å². The number of imide groups is 1. The van der Waals surface area contributed by atoms with Crippen molar-refractivity contribution in [3.8, 4) is 0 Å². The van der Waals surface area contributed by atoms with Crippen LogP contribution in [0.5, 0.6) is 0 Å². The third kappa shape index (κ3) is 5.29. The highest BCUT2D eigenvalue weighted by Crippen LogP contribution is 2.29. The second-order valence-corrected chi connectivity index (χ2v) is 12.5. The second-order valence-electron chi connectivity index (χ2n) is 9.61. The molecule has 2 aromatic carbocycles. The van der Waals surface area contributed by atoms with Gasteiger partial charge in [0.15, 0.2) is 9.84 Å². The Morgan fingerprint density at radius 1 is 0.781 bits per heavy atom. The van der Waals surface area contributed by atoms with Gasteiger partial charge in [-0.3, -0.25) is 9.59 Å². The summed E-state index contributed by atoms with van der Waals surface area (Å²) in [7, 11) is -3.04. The van der Waals surface area contributed by atoms with E-state index in [0.717, 1.165) is 43.2 Å². The lowest BCUT2D eigenvalue weighted by molar-refractivity contribution is 0.0926. The monoisotopic (exact) mass is 455 g/mol. The third-order valence-electron chi connectivity index (χ3n) is 6.05. The molecule has 0 spiro atoms. The Hall–Kier alpha value is -2.47. The van der Waals surface area contributed by atoms with Crippen LogP contribution in [0.2, 0.25) is 0 Å². The molecule has 1 heterocycles. The zero-order valence-corrected chi connectivity index (χ0v) is 20.3. The van der Waals surface area contributed by atoms with Crippen LogP contribution in [0.15, 0.2) is 42.5 Å². The van der Waals surface area contributed by atoms with E-state index < -0.39 is 14.6 Å². The van der Waals surface area contributed by atoms with E-state index in [1.54, 1.807) is 39.0 Å². The molecular weight excluding hydrogens is 422 g/mol. The number of fused-ring (bicyclic) bond motifs is 1. The van der Waals surface area contributed by atoms with E-state index in [-0.39, 0.29) is 17.6 Å². The number of nitrogens with zero attached hydrogens (tertiary/aromatic N) is 1. The topological polar surface area (TPSA) is 71.5 Å². The van der Waals surface area contributed by atoms with E-state index in [4.69, 9.17) is 0 Å². The van der Waals surface area contributed by atoms with Gasteiger partial charge in [0.25, 0.3) is 11.8 Å². The number of amides is 2. The van der Waals surface area contributed by atoms with Gasteiger partial charge in [-0.15, -0.1) is 0 Å². The standard InChI is InChI=1S/C26H33NO4S/c1-19-11-14-21(15-12-19)27-24(28)22-16-13-20(18-23(22)25(27)29)10-8-6-5-7-9-17-32(30,31)26(2,3)4/h11-16,18H,5-10,17H2,1-4H3. The Morgan fingerprint density at radius 3 is 2.03 bits per heavy atom. The van der Waals surface area contributed by atoms with Gasteiger partial charge < -0.3 is 0 Å². The second kappa shape index (κ2) is 9.57. The molecule has 0 bridgehead atoms. The molecule has 2 aromatic rings. The predicted molar refractivity (Wildman–Crippen MR) is 129 cm³/mol. The maximum Gasteiger partial charge on any atom is 0.266 e. The normalized spacial score (nSPS) is 14.2. The smallest absolute Gasteiger partial charge is 0.266 e. The number of rotatable bonds is 9. The highest BCUT2D eigenvalue weighted by molar-refractivity contribution is 7.92. The van der Waals surface area contributed by atoms with Crippen LogP contribution in [-0.2, 0) is 16.3 Å². The van der Waals surface area contributed by atoms with Crippen LogP contribution in [0.3, 0.4) is 0 Å². The first-order chi connectivity index (χ1) is 15.0. The Kier molecular flexibility index (Phi) is 7.23. The lowest BCUT2D eigenvalue weighted by Crippen LogP contribution is -2.30. The molecule has 32 heavy (non-hydrogen) atoms. The minimum Gasteiger partial charge on any atom is -0.268 e. The average Bonchev–Trinajstić information content (AvgIpc) is 2.97. The lowest BCUT2D eigenvalue weighted by Gasteiger charge is -2.18. The summed E-state index contributed by atoms with van der Waals surface area (Å²) in [5, 5.41) is 0. The highest BCUT2D eigenvalue weighted by atomic mass is 32.2. The minimum atomic E-state index is -3.04. The summed E-state index contributed by atoms with van der Waals surface area (Å²) >= 11 is 0. The van der Waals surface area contributed by atoms with E-state index in [1.165, 1.54) is 4.90 Å². The molecule has 3 rings (SSSR count). The molecule has 1 aliphatic heterocycles. The van der Waals surface area contributed by atoms with Crippen LogP contribution >= 0.6 is 0 Å². The van der Waals surface area contributed by atoms with Crippen molar-refractivity contribution in [3.05, 3.63) is 64.7 Å². The largest absolute Gasteiger partial charge is 0.268 e. The summed E-state index contributed by atoms with van der Waals surface area (Å²) in [4.78, 5) is 26.9. The van der Waals surface area contributed by atoms with Crippen molar-refractivity contribution in [1.82, 2.24) is 0 Å². The molecule has 0 fully saturated rings. The molecule has 0 aliphatic carbocycles. The van der Waals surface area contributed by atoms with Gasteiger partial charge in [0.1, 0.15) is 0 Å². The van der Waals surface area contributed by atoms with Crippen LogP contribution < -0.4 is 4.90 Å². The van der Waals surface area contributed by atoms with Gasteiger partial charge in [-0.2, -0.15) is 0 Å². The molecule has 0 saturated carbocycles. The molecular formula is C26H33NO4S. The van der Waals surface area contributed by atoms with Gasteiger partial charge >= 0.3 is 0 Å². The van der Waals surface area contributed by atoms with Gasteiger partial charge in [-0.1, -0.05) is 43.0 Å². The summed E-state index contributed by atoms with van der Waals surface area (Å²) in [6, 6.07) is 12.9. The maximum atomic E-state index is 12.9. The summed E-state index contributed by atoms with van der Waals surface area (Å²) in [5.74, 6) is -0.295. The molecule has 0 unspecified atom stereocenters. The number of benzene rings is 2. The highest BCUT2D eigenvalue weighted by Gasteiger charge is 2.36. The van der Waals surface area contributed by atoms with Gasteiger partial charge in [0, 0.05) is 0 Å². The molecule has 0 saturated heterocycles. The van der Waals surface area contributed by atoms with Crippen LogP contribution in [0.4, 0.5) is 5.69 Å². The number of anilines is 1. The fourth-order valence-corrected chi connectivity index (χ4v) is 5.03. The number of sulfone groups is 1. The molecule has 0 radical (unpaired) electrons. The van der Waals surface area contributed by atoms with E-state index >= 15 is 0 Å². The van der Waals surface area contributed by atoms with Crippen molar-refractivity contribution in [1.29, 1.82) is 0 Å². The van der Waals surface area contributed by atoms with E-state index in [0.29, 0.717) is 23.2 Å². The SMILES string of the molecule is Cc1ccc(N2C(=O)c3ccc(CCCCCCCS(=O)(=O)C(C)(C)C)cc3C2=O)cc1. The summed E-state index contributed by atoms with van der Waals surface area (Å²) in [5.41, 5.74) is 3.64. The van der Waals surface area contributed by atoms with E-state index in [1.807, 2.05) is 31.2 Å². The summed E-state index contributed by atoms with van der Waals surface area (Å²) < 4.78 is 23.6. The molecule has 0 atom stereocenters. The first kappa shape index (κ1) is 24.2. The number of carbonyl (C=O) groups excluding carboxylic acids is 2. The first-order valence-electron chi connectivity index (χ1n) is 11.3. The van der Waals surface area contributed by atoms with Crippen molar-refractivity contribution in [2.45, 2.75) is 71.0 Å². The van der Waals surface area contributed by atoms with E-state index in [9.17, 15) is 18.0 Å². The third-order valence-corrected chi connectivity index (χ3v) is 8.75. The predicted octanol–water partition coefficient (Wildman–Crippen LogP) is 5.50. The van der Waals surface area contributed by atoms with Crippen molar-refractivity contribution in [2.24, 2.45) is 0 Å². The van der Waals surface area contributed by atoms with Gasteiger partial charge in [-0.25, -0.2) is 13.3 Å². The number of aryl methyl sites for hydroxylation is 2. The van der Waals surface area contributed by atoms with Gasteiger partial charge in [0.05, 0.1) is 27.3 Å². The number of hydrogen-bond acceptors (Lipinski definition) is 4. The van der Waals surface area contributed by atoms with Crippen LogP contribution in [0.1, 0.15) is 84.7 Å². The maximum absolute atomic E-state index is 12.9. The van der Waals surface area contributed by atoms with Gasteiger partial charge in [-0.05, 0) is 76.8 Å². The average molecular weight is 456 g/mol. The van der Waals surface area contributed by atoms with Crippen molar-refractivity contribution < 1.29 is 18.0 Å². The fourth-order valence-electron chi connectivity index (χ4n) is 3.83. The quantitative estimate of drug-likeness (QED) is 0.370. The first-order valence-corrected chi connectivity index (χ1v) is 13.0. The van der Waals surface area contributed by atoms with E-state index in [2.05, 4.69) is 0 Å². The van der Waals surface area contributed by atoms with Crippen LogP contribution in [-0.4, -0.2) is 30.7 Å². The minimum absolute atomic E-state index is 0.245. The van der Waals surface area contributed by atoms with Crippen LogP contribution in [0.25, 0.3) is 0 Å². The lowest BCUT2D eigenvalue weighted by atomic mass is 10.0. The Morgan fingerprint density at radius 2 is 1.38 bits per heavy atom. The number of unbranched alkanes of at least 4 members (excludes halogenated alkanes) is 4. The summed E-state index contributed by atoms with van der Waals surface area (Å²) in [6.45, 7) is 7.21.